The van der Waals surface area contributed by atoms with Crippen LogP contribution in [0.3, 0.4) is 0 Å². The molecule has 0 amide bonds. The van der Waals surface area contributed by atoms with Gasteiger partial charge in [-0.3, -0.25) is 4.74 Å². The Hall–Kier alpha value is -1.80. The molecule has 1 atom stereocenters. The molecule has 21 heavy (non-hydrogen) atoms. The highest BCUT2D eigenvalue weighted by atomic mass is 19.4. The van der Waals surface area contributed by atoms with Crippen LogP contribution in [0, 0.1) is 0 Å². The number of hydrogen-bond donors (Lipinski definition) is 1. The second kappa shape index (κ2) is 7.84. The number of para-hydroxylation sites is 1. The fourth-order valence-electron chi connectivity index (χ4n) is 1.50. The number of halogens is 3. The van der Waals surface area contributed by atoms with Gasteiger partial charge in [0.25, 0.3) is 0 Å². The van der Waals surface area contributed by atoms with Crippen molar-refractivity contribution >= 4 is 5.97 Å². The predicted octanol–water partition coefficient (Wildman–Crippen LogP) is 3.03. The van der Waals surface area contributed by atoms with Crippen LogP contribution in [0.15, 0.2) is 30.3 Å². The Bertz CT molecular complexity index is 439. The maximum atomic E-state index is 12.3. The van der Waals surface area contributed by atoms with E-state index >= 15 is 0 Å². The smallest absolute Gasteiger partial charge is 0.478 e. The summed E-state index contributed by atoms with van der Waals surface area (Å²) in [6, 6.07) is 7.95. The number of ether oxygens (including phenoxy) is 1. The lowest BCUT2D eigenvalue weighted by Crippen LogP contribution is -2.48. The lowest BCUT2D eigenvalue weighted by Gasteiger charge is -2.28. The van der Waals surface area contributed by atoms with Crippen molar-refractivity contribution in [2.75, 3.05) is 6.54 Å². The lowest BCUT2D eigenvalue weighted by molar-refractivity contribution is -0.373. The summed E-state index contributed by atoms with van der Waals surface area (Å²) in [5.74, 6) is -1.55. The van der Waals surface area contributed by atoms with E-state index in [9.17, 15) is 18.0 Å². The van der Waals surface area contributed by atoms with E-state index in [1.807, 2.05) is 6.92 Å². The topological polar surface area (TPSA) is 59.0 Å². The molecule has 0 aliphatic carbocycles. The number of hydroxylamine groups is 2. The van der Waals surface area contributed by atoms with Gasteiger partial charge in [-0.2, -0.15) is 0 Å². The van der Waals surface area contributed by atoms with E-state index in [1.165, 1.54) is 12.1 Å². The van der Waals surface area contributed by atoms with Crippen molar-refractivity contribution in [1.29, 1.82) is 0 Å². The second-order valence-electron chi connectivity index (χ2n) is 4.15. The quantitative estimate of drug-likeness (QED) is 0.591. The fourth-order valence-corrected chi connectivity index (χ4v) is 1.50. The molecule has 0 aliphatic rings. The number of nitrogens with zero attached hydrogens (tertiary/aromatic N) is 1. The zero-order chi connectivity index (χ0) is 15.9. The van der Waals surface area contributed by atoms with Crippen molar-refractivity contribution in [1.82, 2.24) is 5.06 Å². The van der Waals surface area contributed by atoms with E-state index in [4.69, 9.17) is 9.94 Å². The molecule has 1 aromatic carbocycles. The molecular formula is C13H16F3NO4. The van der Waals surface area contributed by atoms with Crippen molar-refractivity contribution in [2.24, 2.45) is 0 Å². The van der Waals surface area contributed by atoms with Crippen molar-refractivity contribution in [2.45, 2.75) is 32.4 Å². The van der Waals surface area contributed by atoms with Gasteiger partial charge in [0.15, 0.2) is 0 Å². The van der Waals surface area contributed by atoms with Gasteiger partial charge in [-0.05, 0) is 18.6 Å². The Kier molecular flexibility index (Phi) is 6.44. The standard InChI is InChI=1S/C13H16F3NO4/c1-2-3-9-17(21-10-7-5-4-6-8-10)11(12(18)19)20-13(14,15)16/h4-8,11H,2-3,9H2,1H3,(H,18,19). The third-order valence-corrected chi connectivity index (χ3v) is 2.42. The molecule has 0 aromatic heterocycles. The van der Waals surface area contributed by atoms with Gasteiger partial charge in [0.1, 0.15) is 5.75 Å². The molecule has 1 aromatic rings. The first kappa shape index (κ1) is 17.3. The lowest BCUT2D eigenvalue weighted by atomic mass is 10.3. The van der Waals surface area contributed by atoms with Gasteiger partial charge in [-0.1, -0.05) is 31.5 Å². The van der Waals surface area contributed by atoms with Crippen LogP contribution < -0.4 is 4.84 Å². The summed E-state index contributed by atoms with van der Waals surface area (Å²) in [4.78, 5) is 16.2. The number of alkyl halides is 3. The Balaban J connectivity index is 2.88. The maximum absolute atomic E-state index is 12.3. The van der Waals surface area contributed by atoms with Gasteiger partial charge in [0, 0.05) is 6.54 Å². The van der Waals surface area contributed by atoms with Crippen molar-refractivity contribution in [3.05, 3.63) is 30.3 Å². The summed E-state index contributed by atoms with van der Waals surface area (Å²) >= 11 is 0. The average molecular weight is 307 g/mol. The summed E-state index contributed by atoms with van der Waals surface area (Å²) in [6.45, 7) is 1.81. The molecule has 0 saturated heterocycles. The van der Waals surface area contributed by atoms with E-state index in [2.05, 4.69) is 4.74 Å². The van der Waals surface area contributed by atoms with E-state index in [-0.39, 0.29) is 12.3 Å². The Morgan fingerprint density at radius 3 is 2.43 bits per heavy atom. The van der Waals surface area contributed by atoms with E-state index in [1.54, 1.807) is 18.2 Å². The molecular weight excluding hydrogens is 291 g/mol. The summed E-state index contributed by atoms with van der Waals surface area (Å²) in [6.07, 6.45) is -6.23. The van der Waals surface area contributed by atoms with E-state index < -0.39 is 18.6 Å². The van der Waals surface area contributed by atoms with Gasteiger partial charge in [0.2, 0.25) is 6.23 Å². The van der Waals surface area contributed by atoms with Gasteiger partial charge in [-0.15, -0.1) is 18.2 Å². The molecule has 0 bridgehead atoms. The van der Waals surface area contributed by atoms with Crippen LogP contribution in [0.25, 0.3) is 0 Å². The number of carboxylic acids is 1. The second-order valence-corrected chi connectivity index (χ2v) is 4.15. The summed E-state index contributed by atoms with van der Waals surface area (Å²) in [5, 5.41) is 9.61. The van der Waals surface area contributed by atoms with Gasteiger partial charge >= 0.3 is 12.3 Å². The highest BCUT2D eigenvalue weighted by molar-refractivity contribution is 5.71. The van der Waals surface area contributed by atoms with Gasteiger partial charge in [0.05, 0.1) is 0 Å². The molecule has 0 radical (unpaired) electrons. The number of hydrogen-bond acceptors (Lipinski definition) is 4. The van der Waals surface area contributed by atoms with Crippen LogP contribution >= 0.6 is 0 Å². The van der Waals surface area contributed by atoms with E-state index in [0.717, 1.165) is 0 Å². The van der Waals surface area contributed by atoms with Crippen molar-refractivity contribution < 1.29 is 32.6 Å². The Morgan fingerprint density at radius 2 is 1.95 bits per heavy atom. The SMILES string of the molecule is CCCCN(Oc1ccccc1)C(OC(F)(F)F)C(=O)O. The van der Waals surface area contributed by atoms with Gasteiger partial charge in [-0.25, -0.2) is 4.79 Å². The highest BCUT2D eigenvalue weighted by Gasteiger charge is 2.41. The first-order valence-corrected chi connectivity index (χ1v) is 6.30. The molecule has 1 rings (SSSR count). The Labute approximate surface area is 119 Å². The third kappa shape index (κ3) is 6.46. The number of rotatable bonds is 8. The molecule has 8 heteroatoms. The summed E-state index contributed by atoms with van der Waals surface area (Å²) < 4.78 is 40.6. The zero-order valence-electron chi connectivity index (χ0n) is 11.3. The predicted molar refractivity (Wildman–Crippen MR) is 67.2 cm³/mol. The largest absolute Gasteiger partial charge is 0.524 e. The van der Waals surface area contributed by atoms with Crippen LogP contribution in [-0.2, 0) is 9.53 Å². The van der Waals surface area contributed by atoms with Crippen LogP contribution in [0.2, 0.25) is 0 Å². The summed E-state index contributed by atoms with van der Waals surface area (Å²) in [7, 11) is 0. The highest BCUT2D eigenvalue weighted by Crippen LogP contribution is 2.22. The molecule has 118 valence electrons. The van der Waals surface area contributed by atoms with Crippen molar-refractivity contribution in [3.63, 3.8) is 0 Å². The summed E-state index contributed by atoms with van der Waals surface area (Å²) in [5.41, 5.74) is 0. The minimum absolute atomic E-state index is 0.0154. The molecule has 1 unspecified atom stereocenters. The molecule has 0 heterocycles. The molecule has 0 spiro atoms. The van der Waals surface area contributed by atoms with Crippen LogP contribution in [0.4, 0.5) is 13.2 Å². The van der Waals surface area contributed by atoms with Crippen LogP contribution in [-0.4, -0.2) is 35.3 Å². The molecule has 1 N–H and O–H groups in total. The minimum atomic E-state index is -5.08. The minimum Gasteiger partial charge on any atom is -0.478 e. The molecule has 0 aliphatic heterocycles. The number of benzene rings is 1. The normalized spacial score (nSPS) is 13.2. The fraction of sp³-hybridized carbons (Fsp3) is 0.462. The molecule has 0 saturated carbocycles. The van der Waals surface area contributed by atoms with Crippen molar-refractivity contribution in [3.8, 4) is 5.75 Å². The van der Waals surface area contributed by atoms with Crippen LogP contribution in [0.5, 0.6) is 5.75 Å². The molecule has 0 fully saturated rings. The monoisotopic (exact) mass is 307 g/mol. The number of carboxylic acid groups (broad SMARTS) is 1. The first-order valence-electron chi connectivity index (χ1n) is 6.30. The Morgan fingerprint density at radius 1 is 1.33 bits per heavy atom. The number of unbranched alkanes of at least 4 members (excludes halogenated alkanes) is 1. The first-order chi connectivity index (χ1) is 9.83. The van der Waals surface area contributed by atoms with Gasteiger partial charge < -0.3 is 9.94 Å². The number of carbonyl (C=O) groups is 1. The maximum Gasteiger partial charge on any atom is 0.524 e. The molecule has 5 nitrogen and oxygen atoms in total. The van der Waals surface area contributed by atoms with E-state index in [0.29, 0.717) is 17.9 Å². The third-order valence-electron chi connectivity index (χ3n) is 2.42. The number of aliphatic carboxylic acids is 1. The zero-order valence-corrected chi connectivity index (χ0v) is 11.3. The average Bonchev–Trinajstić information content (AvgIpc) is 2.41. The van der Waals surface area contributed by atoms with Crippen LogP contribution in [0.1, 0.15) is 19.8 Å².